The van der Waals surface area contributed by atoms with Crippen LogP contribution in [0.2, 0.25) is 0 Å². The quantitative estimate of drug-likeness (QED) is 0.696. The topological polar surface area (TPSA) is 29.5 Å². The fourth-order valence-corrected chi connectivity index (χ4v) is 1.34. The Morgan fingerprint density at radius 2 is 2.07 bits per heavy atom. The number of carbonyl (C=O) groups excluding carboxylic acids is 1. The first-order chi connectivity index (χ1) is 7.27. The molecular weight excluding hydrogens is 190 g/mol. The van der Waals surface area contributed by atoms with Gasteiger partial charge in [-0.2, -0.15) is 5.06 Å². The third-order valence-electron chi connectivity index (χ3n) is 2.05. The number of hydroxylamine groups is 2. The average molecular weight is 201 g/mol. The molecule has 2 rings (SSSR count). The summed E-state index contributed by atoms with van der Waals surface area (Å²) in [5, 5.41) is 1.29. The monoisotopic (exact) mass is 201 g/mol. The fourth-order valence-electron chi connectivity index (χ4n) is 1.34. The predicted molar refractivity (Wildman–Crippen MR) is 56.8 cm³/mol. The summed E-state index contributed by atoms with van der Waals surface area (Å²) in [6.07, 6.45) is 3.58. The molecule has 1 aliphatic heterocycles. The smallest absolute Gasteiger partial charge is 0.286 e. The van der Waals surface area contributed by atoms with E-state index in [0.717, 1.165) is 0 Å². The summed E-state index contributed by atoms with van der Waals surface area (Å²) >= 11 is 0. The van der Waals surface area contributed by atoms with Crippen LogP contribution < -0.4 is 0 Å². The Balaban J connectivity index is 2.16. The molecule has 1 aromatic rings. The standard InChI is InChI=1S/C12H11NO2/c1-10-6-5-9-13(15-10)12(14)11-7-3-2-4-8-11/h2-8H,1,9H2. The van der Waals surface area contributed by atoms with Crippen molar-refractivity contribution in [3.05, 3.63) is 60.4 Å². The molecule has 1 amide bonds. The van der Waals surface area contributed by atoms with Gasteiger partial charge in [-0.25, -0.2) is 0 Å². The minimum atomic E-state index is -0.152. The van der Waals surface area contributed by atoms with Crippen molar-refractivity contribution < 1.29 is 9.63 Å². The van der Waals surface area contributed by atoms with E-state index in [1.165, 1.54) is 5.06 Å². The van der Waals surface area contributed by atoms with E-state index in [1.54, 1.807) is 18.2 Å². The van der Waals surface area contributed by atoms with E-state index in [-0.39, 0.29) is 5.91 Å². The van der Waals surface area contributed by atoms with Gasteiger partial charge in [0.05, 0.1) is 6.54 Å². The lowest BCUT2D eigenvalue weighted by atomic mass is 10.2. The zero-order valence-electron chi connectivity index (χ0n) is 8.22. The van der Waals surface area contributed by atoms with Crippen molar-refractivity contribution in [1.29, 1.82) is 0 Å². The van der Waals surface area contributed by atoms with Crippen molar-refractivity contribution in [2.45, 2.75) is 0 Å². The van der Waals surface area contributed by atoms with E-state index in [4.69, 9.17) is 4.84 Å². The molecule has 0 aliphatic carbocycles. The van der Waals surface area contributed by atoms with Crippen molar-refractivity contribution >= 4 is 5.91 Å². The molecule has 0 aromatic heterocycles. The maximum atomic E-state index is 11.9. The fraction of sp³-hybridized carbons (Fsp3) is 0.0833. The van der Waals surface area contributed by atoms with Crippen LogP contribution in [0.4, 0.5) is 0 Å². The van der Waals surface area contributed by atoms with E-state index in [1.807, 2.05) is 24.3 Å². The summed E-state index contributed by atoms with van der Waals surface area (Å²) in [5.41, 5.74) is 0.612. The Morgan fingerprint density at radius 3 is 2.73 bits per heavy atom. The van der Waals surface area contributed by atoms with Gasteiger partial charge >= 0.3 is 0 Å². The number of nitrogens with zero attached hydrogens (tertiary/aromatic N) is 1. The molecule has 76 valence electrons. The molecule has 15 heavy (non-hydrogen) atoms. The third kappa shape index (κ3) is 2.07. The number of rotatable bonds is 1. The largest absolute Gasteiger partial charge is 0.377 e. The third-order valence-corrected chi connectivity index (χ3v) is 2.05. The highest BCUT2D eigenvalue weighted by molar-refractivity contribution is 5.93. The molecule has 0 fully saturated rings. The van der Waals surface area contributed by atoms with Crippen molar-refractivity contribution in [3.63, 3.8) is 0 Å². The second kappa shape index (κ2) is 4.00. The molecule has 0 saturated carbocycles. The first-order valence-electron chi connectivity index (χ1n) is 4.68. The van der Waals surface area contributed by atoms with Crippen molar-refractivity contribution in [3.8, 4) is 0 Å². The Hall–Kier alpha value is -2.03. The van der Waals surface area contributed by atoms with Crippen LogP contribution in [0.5, 0.6) is 0 Å². The molecule has 0 radical (unpaired) electrons. The van der Waals surface area contributed by atoms with Crippen molar-refractivity contribution in [2.24, 2.45) is 0 Å². The highest BCUT2D eigenvalue weighted by Crippen LogP contribution is 2.12. The Morgan fingerprint density at radius 1 is 1.33 bits per heavy atom. The number of benzene rings is 1. The minimum absolute atomic E-state index is 0.152. The van der Waals surface area contributed by atoms with Crippen LogP contribution in [0, 0.1) is 0 Å². The first-order valence-corrected chi connectivity index (χ1v) is 4.68. The van der Waals surface area contributed by atoms with Crippen LogP contribution in [0.25, 0.3) is 0 Å². The lowest BCUT2D eigenvalue weighted by Crippen LogP contribution is -2.32. The maximum absolute atomic E-state index is 11.9. The summed E-state index contributed by atoms with van der Waals surface area (Å²) in [6, 6.07) is 9.02. The highest BCUT2D eigenvalue weighted by Gasteiger charge is 2.18. The predicted octanol–water partition coefficient (Wildman–Crippen LogP) is 2.14. The van der Waals surface area contributed by atoms with Gasteiger partial charge in [-0.3, -0.25) is 4.79 Å². The zero-order chi connectivity index (χ0) is 10.7. The molecule has 3 heteroatoms. The van der Waals surface area contributed by atoms with Crippen molar-refractivity contribution in [1.82, 2.24) is 5.06 Å². The summed E-state index contributed by atoms with van der Waals surface area (Å²) in [4.78, 5) is 17.1. The average Bonchev–Trinajstić information content (AvgIpc) is 2.29. The number of carbonyl (C=O) groups is 1. The number of amides is 1. The van der Waals surface area contributed by atoms with Gasteiger partial charge in [-0.15, -0.1) is 0 Å². The van der Waals surface area contributed by atoms with Gasteiger partial charge in [0.25, 0.3) is 5.91 Å². The lowest BCUT2D eigenvalue weighted by Gasteiger charge is -2.24. The molecule has 0 bridgehead atoms. The van der Waals surface area contributed by atoms with Gasteiger partial charge in [0.15, 0.2) is 0 Å². The molecule has 3 nitrogen and oxygen atoms in total. The normalized spacial score (nSPS) is 14.9. The number of allylic oxidation sites excluding steroid dienone is 1. The van der Waals surface area contributed by atoms with E-state index < -0.39 is 0 Å². The second-order valence-electron chi connectivity index (χ2n) is 3.19. The molecule has 1 aromatic carbocycles. The molecule has 0 N–H and O–H groups in total. The first kappa shape index (κ1) is 9.52. The molecule has 0 spiro atoms. The summed E-state index contributed by atoms with van der Waals surface area (Å²) in [5.74, 6) is 0.326. The summed E-state index contributed by atoms with van der Waals surface area (Å²) in [6.45, 7) is 4.09. The van der Waals surface area contributed by atoms with Gasteiger partial charge < -0.3 is 4.84 Å². The van der Waals surface area contributed by atoms with E-state index >= 15 is 0 Å². The van der Waals surface area contributed by atoms with Gasteiger partial charge in [-0.05, 0) is 18.2 Å². The second-order valence-corrected chi connectivity index (χ2v) is 3.19. The van der Waals surface area contributed by atoms with Gasteiger partial charge in [-0.1, -0.05) is 30.9 Å². The van der Waals surface area contributed by atoms with Crippen LogP contribution in [0.1, 0.15) is 10.4 Å². The summed E-state index contributed by atoms with van der Waals surface area (Å²) < 4.78 is 0. The molecule has 0 unspecified atom stereocenters. The molecular formula is C12H11NO2. The Bertz CT molecular complexity index is 409. The maximum Gasteiger partial charge on any atom is 0.286 e. The molecule has 0 saturated heterocycles. The minimum Gasteiger partial charge on any atom is -0.377 e. The number of hydrogen-bond acceptors (Lipinski definition) is 2. The molecule has 1 heterocycles. The van der Waals surface area contributed by atoms with Gasteiger partial charge in [0.1, 0.15) is 5.76 Å². The van der Waals surface area contributed by atoms with Crippen LogP contribution in [0.15, 0.2) is 54.8 Å². The van der Waals surface area contributed by atoms with E-state index in [2.05, 4.69) is 6.58 Å². The van der Waals surface area contributed by atoms with Crippen LogP contribution >= 0.6 is 0 Å². The molecule has 0 atom stereocenters. The van der Waals surface area contributed by atoms with Crippen LogP contribution in [-0.2, 0) is 4.84 Å². The van der Waals surface area contributed by atoms with E-state index in [0.29, 0.717) is 17.9 Å². The molecule has 1 aliphatic rings. The lowest BCUT2D eigenvalue weighted by molar-refractivity contribution is -0.0766. The number of hydrogen-bond donors (Lipinski definition) is 0. The SMILES string of the molecule is C=C1C=CCN(C(=O)c2ccccc2)O1. The van der Waals surface area contributed by atoms with Gasteiger partial charge in [0, 0.05) is 5.56 Å². The van der Waals surface area contributed by atoms with Crippen LogP contribution in [-0.4, -0.2) is 17.5 Å². The van der Waals surface area contributed by atoms with Gasteiger partial charge in [0.2, 0.25) is 0 Å². The van der Waals surface area contributed by atoms with Crippen LogP contribution in [0.3, 0.4) is 0 Å². The Kier molecular flexibility index (Phi) is 2.54. The summed E-state index contributed by atoms with van der Waals surface area (Å²) in [7, 11) is 0. The van der Waals surface area contributed by atoms with Crippen molar-refractivity contribution in [2.75, 3.05) is 6.54 Å². The zero-order valence-corrected chi connectivity index (χ0v) is 8.22. The highest BCUT2D eigenvalue weighted by atomic mass is 16.7. The Labute approximate surface area is 88.2 Å². The van der Waals surface area contributed by atoms with E-state index in [9.17, 15) is 4.79 Å².